The predicted molar refractivity (Wildman–Crippen MR) is 112 cm³/mol. The molecule has 2 fully saturated rings. The molecule has 162 valence electrons. The first-order valence-corrected chi connectivity index (χ1v) is 11.0. The van der Waals surface area contributed by atoms with Crippen LogP contribution in [-0.4, -0.2) is 41.9 Å². The number of nitrogens with one attached hydrogen (secondary N) is 2. The van der Waals surface area contributed by atoms with Gasteiger partial charge in [-0.25, -0.2) is 9.59 Å². The molecule has 2 saturated carbocycles. The average Bonchev–Trinajstić information content (AvgIpc) is 2.67. The molecule has 3 N–H and O–H groups in total. The Morgan fingerprint density at radius 3 is 1.93 bits per heavy atom. The summed E-state index contributed by atoms with van der Waals surface area (Å²) in [6, 6.07) is 0.844. The van der Waals surface area contributed by atoms with Crippen LogP contribution in [0.15, 0.2) is 12.7 Å². The van der Waals surface area contributed by atoms with Gasteiger partial charge in [-0.05, 0) is 38.0 Å². The van der Waals surface area contributed by atoms with E-state index in [1.165, 1.54) is 70.3 Å². The largest absolute Gasteiger partial charge is 0.480 e. The van der Waals surface area contributed by atoms with Crippen molar-refractivity contribution in [2.75, 3.05) is 6.61 Å². The van der Waals surface area contributed by atoms with Gasteiger partial charge in [0, 0.05) is 12.1 Å². The van der Waals surface area contributed by atoms with Crippen molar-refractivity contribution in [3.05, 3.63) is 12.7 Å². The molecule has 0 unspecified atom stereocenters. The van der Waals surface area contributed by atoms with Crippen molar-refractivity contribution in [1.82, 2.24) is 10.6 Å². The van der Waals surface area contributed by atoms with Crippen molar-refractivity contribution in [3.63, 3.8) is 0 Å². The number of rotatable bonds is 8. The summed E-state index contributed by atoms with van der Waals surface area (Å²) < 4.78 is 4.62. The van der Waals surface area contributed by atoms with E-state index >= 15 is 0 Å². The highest BCUT2D eigenvalue weighted by molar-refractivity contribution is 5.79. The first-order valence-electron chi connectivity index (χ1n) is 11.0. The number of amides is 1. The summed E-state index contributed by atoms with van der Waals surface area (Å²) in [5.74, 6) is -0.870. The van der Waals surface area contributed by atoms with E-state index < -0.39 is 18.1 Å². The third-order valence-corrected chi connectivity index (χ3v) is 5.31. The first kappa shape index (κ1) is 24.5. The fourth-order valence-electron chi connectivity index (χ4n) is 3.88. The van der Waals surface area contributed by atoms with Gasteiger partial charge in [-0.3, -0.25) is 0 Å². The van der Waals surface area contributed by atoms with Gasteiger partial charge in [0.2, 0.25) is 0 Å². The van der Waals surface area contributed by atoms with Gasteiger partial charge < -0.3 is 20.5 Å². The monoisotopic (exact) mass is 396 g/mol. The average molecular weight is 397 g/mol. The van der Waals surface area contributed by atoms with Gasteiger partial charge in [0.05, 0.1) is 0 Å². The highest BCUT2D eigenvalue weighted by Crippen LogP contribution is 2.22. The summed E-state index contributed by atoms with van der Waals surface area (Å²) in [7, 11) is 0. The maximum atomic E-state index is 11.1. The zero-order valence-electron chi connectivity index (χ0n) is 17.8. The quantitative estimate of drug-likeness (QED) is 0.520. The van der Waals surface area contributed by atoms with Crippen LogP contribution in [-0.2, 0) is 9.53 Å². The molecule has 28 heavy (non-hydrogen) atoms. The number of carboxylic acid groups (broad SMARTS) is 1. The van der Waals surface area contributed by atoms with Crippen LogP contribution in [0.3, 0.4) is 0 Å². The normalized spacial score (nSPS) is 19.2. The van der Waals surface area contributed by atoms with Gasteiger partial charge in [-0.2, -0.15) is 0 Å². The minimum atomic E-state index is -1.06. The number of carboxylic acids is 1. The minimum Gasteiger partial charge on any atom is -0.480 e. The van der Waals surface area contributed by atoms with Crippen molar-refractivity contribution >= 4 is 12.1 Å². The Balaban J connectivity index is 0.000000281. The number of alkyl carbamates (subject to hydrolysis) is 1. The van der Waals surface area contributed by atoms with E-state index in [0.717, 1.165) is 12.1 Å². The Kier molecular flexibility index (Phi) is 12.6. The van der Waals surface area contributed by atoms with Crippen LogP contribution >= 0.6 is 0 Å². The first-order chi connectivity index (χ1) is 13.4. The smallest absolute Gasteiger partial charge is 0.408 e. The molecule has 2 rings (SSSR count). The lowest BCUT2D eigenvalue weighted by atomic mass is 9.91. The fourth-order valence-corrected chi connectivity index (χ4v) is 3.88. The van der Waals surface area contributed by atoms with Crippen LogP contribution in [0, 0.1) is 5.92 Å². The zero-order valence-corrected chi connectivity index (χ0v) is 17.8. The Morgan fingerprint density at radius 1 is 1.04 bits per heavy atom. The van der Waals surface area contributed by atoms with E-state index in [-0.39, 0.29) is 12.5 Å². The van der Waals surface area contributed by atoms with Gasteiger partial charge in [-0.15, -0.1) is 0 Å². The van der Waals surface area contributed by atoms with E-state index in [1.54, 1.807) is 0 Å². The van der Waals surface area contributed by atoms with Crippen LogP contribution in [0.1, 0.15) is 84.5 Å². The molecule has 6 heteroatoms. The standard InChI is InChI=1S/C12H23N.C10H17NO4/c1-3-7-11(8-4-1)13-12-9-5-2-6-10-12;1-4-5-15-10(14)11-8(9(12)13)6-7(2)3/h11-13H,1-10H2;4,7-8H,1,5-6H2,2-3H3,(H,11,14)(H,12,13)/t;8-/m.0/s1. The molecule has 1 amide bonds. The van der Waals surface area contributed by atoms with Crippen LogP contribution in [0.5, 0.6) is 0 Å². The number of carbonyl (C=O) groups excluding carboxylic acids is 1. The van der Waals surface area contributed by atoms with Crippen LogP contribution in [0.4, 0.5) is 4.79 Å². The minimum absolute atomic E-state index is 0.0693. The lowest BCUT2D eigenvalue weighted by Crippen LogP contribution is -2.41. The number of hydrogen-bond acceptors (Lipinski definition) is 4. The molecular formula is C22H40N2O4. The summed E-state index contributed by atoms with van der Waals surface area (Å²) >= 11 is 0. The van der Waals surface area contributed by atoms with Gasteiger partial charge in [0.1, 0.15) is 12.6 Å². The van der Waals surface area contributed by atoms with Crippen molar-refractivity contribution in [1.29, 1.82) is 0 Å². The number of carbonyl (C=O) groups is 2. The summed E-state index contributed by atoms with van der Waals surface area (Å²) in [5.41, 5.74) is 0. The molecule has 0 aliphatic heterocycles. The number of hydrogen-bond donors (Lipinski definition) is 3. The highest BCUT2D eigenvalue weighted by Gasteiger charge is 2.21. The maximum Gasteiger partial charge on any atom is 0.408 e. The number of ether oxygens (including phenoxy) is 1. The second kappa shape index (κ2) is 14.4. The number of aliphatic carboxylic acids is 1. The molecule has 6 nitrogen and oxygen atoms in total. The topological polar surface area (TPSA) is 87.7 Å². The molecule has 0 heterocycles. The van der Waals surface area contributed by atoms with E-state index in [0.29, 0.717) is 6.42 Å². The molecule has 0 saturated heterocycles. The van der Waals surface area contributed by atoms with Crippen molar-refractivity contribution < 1.29 is 19.4 Å². The van der Waals surface area contributed by atoms with E-state index in [9.17, 15) is 9.59 Å². The Hall–Kier alpha value is -1.56. The van der Waals surface area contributed by atoms with Gasteiger partial charge >= 0.3 is 12.1 Å². The highest BCUT2D eigenvalue weighted by atomic mass is 16.5. The SMILES string of the molecule is C1CCC(NC2CCCCC2)CC1.C=CCOC(=O)N[C@@H](CC(C)C)C(=O)O. The second-order valence-electron chi connectivity index (χ2n) is 8.39. The molecule has 0 bridgehead atoms. The summed E-state index contributed by atoms with van der Waals surface area (Å²) in [6.07, 6.45) is 15.6. The van der Waals surface area contributed by atoms with E-state index in [1.807, 2.05) is 13.8 Å². The second-order valence-corrected chi connectivity index (χ2v) is 8.39. The third kappa shape index (κ3) is 11.3. The molecule has 0 spiro atoms. The Bertz CT molecular complexity index is 439. The van der Waals surface area contributed by atoms with Gasteiger partial charge in [-0.1, -0.05) is 65.0 Å². The predicted octanol–water partition coefficient (Wildman–Crippen LogP) is 4.64. The molecule has 0 aromatic carbocycles. The van der Waals surface area contributed by atoms with Gasteiger partial charge in [0.15, 0.2) is 0 Å². The van der Waals surface area contributed by atoms with Crippen molar-refractivity contribution in [3.8, 4) is 0 Å². The Labute approximate surface area is 170 Å². The van der Waals surface area contributed by atoms with Crippen LogP contribution in [0.25, 0.3) is 0 Å². The fraction of sp³-hybridized carbons (Fsp3) is 0.818. The van der Waals surface area contributed by atoms with Crippen LogP contribution < -0.4 is 10.6 Å². The molecule has 0 aromatic heterocycles. The van der Waals surface area contributed by atoms with Crippen LogP contribution in [0.2, 0.25) is 0 Å². The lowest BCUT2D eigenvalue weighted by Gasteiger charge is -2.30. The molecule has 2 aliphatic rings. The Morgan fingerprint density at radius 2 is 1.54 bits per heavy atom. The summed E-state index contributed by atoms with van der Waals surface area (Å²) in [6.45, 7) is 7.21. The molecular weight excluding hydrogens is 356 g/mol. The molecule has 2 aliphatic carbocycles. The third-order valence-electron chi connectivity index (χ3n) is 5.31. The van der Waals surface area contributed by atoms with E-state index in [4.69, 9.17) is 5.11 Å². The van der Waals surface area contributed by atoms with Crippen molar-refractivity contribution in [2.24, 2.45) is 5.92 Å². The molecule has 0 radical (unpaired) electrons. The maximum absolute atomic E-state index is 11.1. The molecule has 1 atom stereocenters. The molecule has 0 aromatic rings. The van der Waals surface area contributed by atoms with Gasteiger partial charge in [0.25, 0.3) is 0 Å². The van der Waals surface area contributed by atoms with E-state index in [2.05, 4.69) is 21.9 Å². The van der Waals surface area contributed by atoms with Crippen molar-refractivity contribution in [2.45, 2.75) is 103 Å². The zero-order chi connectivity index (χ0) is 20.8. The lowest BCUT2D eigenvalue weighted by molar-refractivity contribution is -0.139. The summed E-state index contributed by atoms with van der Waals surface area (Å²) in [5, 5.41) is 14.9. The summed E-state index contributed by atoms with van der Waals surface area (Å²) in [4.78, 5) is 21.8.